The average molecular weight is 255 g/mol. The summed E-state index contributed by atoms with van der Waals surface area (Å²) in [4.78, 5) is 14.1. The van der Waals surface area contributed by atoms with Crippen molar-refractivity contribution in [2.24, 2.45) is 0 Å². The standard InChI is InChI=1S/C14H29N3O/c1-3-4-5-6-7-8-10-17-11-9-16-12-13(17)14(18)15-2/h13,16H,3-12H2,1-2H3,(H,15,18). The summed E-state index contributed by atoms with van der Waals surface area (Å²) in [6.45, 7) is 6.09. The van der Waals surface area contributed by atoms with Gasteiger partial charge in [0.25, 0.3) is 0 Å². The van der Waals surface area contributed by atoms with Crippen LogP contribution in [0, 0.1) is 0 Å². The molecule has 1 amide bonds. The van der Waals surface area contributed by atoms with Crippen LogP contribution in [0.2, 0.25) is 0 Å². The molecule has 4 heteroatoms. The molecule has 1 aliphatic rings. The van der Waals surface area contributed by atoms with Gasteiger partial charge < -0.3 is 10.6 Å². The van der Waals surface area contributed by atoms with Gasteiger partial charge in [-0.3, -0.25) is 9.69 Å². The number of rotatable bonds is 8. The number of carbonyl (C=O) groups is 1. The van der Waals surface area contributed by atoms with Crippen LogP contribution >= 0.6 is 0 Å². The van der Waals surface area contributed by atoms with Gasteiger partial charge in [-0.05, 0) is 13.0 Å². The largest absolute Gasteiger partial charge is 0.358 e. The number of likely N-dealkylation sites (N-methyl/N-ethyl adjacent to an activating group) is 1. The van der Waals surface area contributed by atoms with Crippen molar-refractivity contribution in [3.63, 3.8) is 0 Å². The monoisotopic (exact) mass is 255 g/mol. The molecule has 1 saturated heterocycles. The number of amides is 1. The van der Waals surface area contributed by atoms with E-state index >= 15 is 0 Å². The van der Waals surface area contributed by atoms with E-state index in [1.165, 1.54) is 38.5 Å². The van der Waals surface area contributed by atoms with Crippen molar-refractivity contribution in [2.75, 3.05) is 33.2 Å². The number of nitrogens with one attached hydrogen (secondary N) is 2. The second-order valence-corrected chi connectivity index (χ2v) is 5.14. The maximum absolute atomic E-state index is 11.8. The molecule has 0 saturated carbocycles. The van der Waals surface area contributed by atoms with E-state index in [1.54, 1.807) is 7.05 Å². The molecular weight excluding hydrogens is 226 g/mol. The summed E-state index contributed by atoms with van der Waals surface area (Å²) in [5.41, 5.74) is 0. The zero-order valence-electron chi connectivity index (χ0n) is 12.0. The summed E-state index contributed by atoms with van der Waals surface area (Å²) in [6, 6.07) is 0.0272. The molecule has 1 fully saturated rings. The Bertz CT molecular complexity index is 233. The third-order valence-electron chi connectivity index (χ3n) is 3.70. The Morgan fingerprint density at radius 2 is 2.00 bits per heavy atom. The number of hydrogen-bond donors (Lipinski definition) is 2. The lowest BCUT2D eigenvalue weighted by molar-refractivity contribution is -0.126. The smallest absolute Gasteiger partial charge is 0.238 e. The fourth-order valence-electron chi connectivity index (χ4n) is 2.53. The van der Waals surface area contributed by atoms with Crippen LogP contribution in [0.5, 0.6) is 0 Å². The predicted octanol–water partition coefficient (Wildman–Crippen LogP) is 1.37. The summed E-state index contributed by atoms with van der Waals surface area (Å²) < 4.78 is 0. The van der Waals surface area contributed by atoms with Crippen LogP contribution in [0.4, 0.5) is 0 Å². The topological polar surface area (TPSA) is 44.4 Å². The van der Waals surface area contributed by atoms with Crippen LogP contribution in [-0.2, 0) is 4.79 Å². The molecule has 2 N–H and O–H groups in total. The maximum atomic E-state index is 11.8. The molecule has 0 bridgehead atoms. The molecule has 4 nitrogen and oxygen atoms in total. The van der Waals surface area contributed by atoms with Crippen LogP contribution in [0.15, 0.2) is 0 Å². The Hall–Kier alpha value is -0.610. The van der Waals surface area contributed by atoms with E-state index < -0.39 is 0 Å². The maximum Gasteiger partial charge on any atom is 0.238 e. The highest BCUT2D eigenvalue weighted by Gasteiger charge is 2.26. The van der Waals surface area contributed by atoms with Crippen molar-refractivity contribution < 1.29 is 4.79 Å². The Morgan fingerprint density at radius 3 is 2.72 bits per heavy atom. The lowest BCUT2D eigenvalue weighted by Crippen LogP contribution is -2.57. The molecule has 1 atom stereocenters. The van der Waals surface area contributed by atoms with Crippen molar-refractivity contribution in [3.05, 3.63) is 0 Å². The fraction of sp³-hybridized carbons (Fsp3) is 0.929. The SMILES string of the molecule is CCCCCCCCN1CCNCC1C(=O)NC. The Morgan fingerprint density at radius 1 is 1.28 bits per heavy atom. The van der Waals surface area contributed by atoms with Gasteiger partial charge >= 0.3 is 0 Å². The molecule has 1 rings (SSSR count). The highest BCUT2D eigenvalue weighted by molar-refractivity contribution is 5.81. The van der Waals surface area contributed by atoms with E-state index in [-0.39, 0.29) is 11.9 Å². The molecule has 106 valence electrons. The summed E-state index contributed by atoms with van der Waals surface area (Å²) >= 11 is 0. The third kappa shape index (κ3) is 5.36. The van der Waals surface area contributed by atoms with Crippen LogP contribution in [0.25, 0.3) is 0 Å². The highest BCUT2D eigenvalue weighted by Crippen LogP contribution is 2.09. The quantitative estimate of drug-likeness (QED) is 0.644. The first-order chi connectivity index (χ1) is 8.79. The first kappa shape index (κ1) is 15.4. The molecule has 0 aliphatic carbocycles. The minimum Gasteiger partial charge on any atom is -0.358 e. The molecule has 18 heavy (non-hydrogen) atoms. The van der Waals surface area contributed by atoms with Crippen LogP contribution < -0.4 is 10.6 Å². The van der Waals surface area contributed by atoms with Crippen molar-refractivity contribution >= 4 is 5.91 Å². The summed E-state index contributed by atoms with van der Waals surface area (Å²) in [7, 11) is 1.72. The van der Waals surface area contributed by atoms with E-state index in [4.69, 9.17) is 0 Å². The van der Waals surface area contributed by atoms with Gasteiger partial charge in [-0.15, -0.1) is 0 Å². The first-order valence-corrected chi connectivity index (χ1v) is 7.46. The van der Waals surface area contributed by atoms with Gasteiger partial charge in [-0.25, -0.2) is 0 Å². The van der Waals surface area contributed by atoms with E-state index in [1.807, 2.05) is 0 Å². The average Bonchev–Trinajstić information content (AvgIpc) is 2.42. The summed E-state index contributed by atoms with van der Waals surface area (Å²) in [6.07, 6.45) is 7.87. The number of nitrogens with zero attached hydrogens (tertiary/aromatic N) is 1. The molecule has 0 aromatic heterocycles. The van der Waals surface area contributed by atoms with Crippen LogP contribution in [0.1, 0.15) is 45.4 Å². The Kier molecular flexibility index (Phi) is 8.01. The fourth-order valence-corrected chi connectivity index (χ4v) is 2.53. The second kappa shape index (κ2) is 9.34. The van der Waals surface area contributed by atoms with Gasteiger partial charge in [0.1, 0.15) is 6.04 Å². The van der Waals surface area contributed by atoms with Gasteiger partial charge in [-0.1, -0.05) is 39.0 Å². The van der Waals surface area contributed by atoms with E-state index in [2.05, 4.69) is 22.5 Å². The second-order valence-electron chi connectivity index (χ2n) is 5.14. The molecule has 0 spiro atoms. The van der Waals surface area contributed by atoms with Crippen molar-refractivity contribution in [1.29, 1.82) is 0 Å². The van der Waals surface area contributed by atoms with Gasteiger partial charge in [0, 0.05) is 26.7 Å². The molecule has 0 aromatic rings. The van der Waals surface area contributed by atoms with Crippen LogP contribution in [0.3, 0.4) is 0 Å². The van der Waals surface area contributed by atoms with Crippen molar-refractivity contribution in [1.82, 2.24) is 15.5 Å². The zero-order valence-corrected chi connectivity index (χ0v) is 12.0. The molecule has 1 unspecified atom stereocenters. The molecule has 1 aliphatic heterocycles. The van der Waals surface area contributed by atoms with E-state index in [0.717, 1.165) is 26.2 Å². The molecule has 0 aromatic carbocycles. The summed E-state index contributed by atoms with van der Waals surface area (Å²) in [5.74, 6) is 0.146. The van der Waals surface area contributed by atoms with E-state index in [0.29, 0.717) is 0 Å². The zero-order chi connectivity index (χ0) is 13.2. The van der Waals surface area contributed by atoms with Gasteiger partial charge in [0.15, 0.2) is 0 Å². The lowest BCUT2D eigenvalue weighted by Gasteiger charge is -2.34. The minimum atomic E-state index is 0.0272. The lowest BCUT2D eigenvalue weighted by atomic mass is 10.1. The number of unbranched alkanes of at least 4 members (excludes halogenated alkanes) is 5. The molecule has 1 heterocycles. The van der Waals surface area contributed by atoms with E-state index in [9.17, 15) is 4.79 Å². The number of carbonyl (C=O) groups excluding carboxylic acids is 1. The Balaban J connectivity index is 2.19. The van der Waals surface area contributed by atoms with Crippen molar-refractivity contribution in [3.8, 4) is 0 Å². The number of piperazine rings is 1. The summed E-state index contributed by atoms with van der Waals surface area (Å²) in [5, 5.41) is 6.06. The normalized spacial score (nSPS) is 20.9. The Labute approximate surface area is 111 Å². The van der Waals surface area contributed by atoms with Crippen molar-refractivity contribution in [2.45, 2.75) is 51.5 Å². The predicted molar refractivity (Wildman–Crippen MR) is 75.7 cm³/mol. The van der Waals surface area contributed by atoms with Gasteiger partial charge in [0.05, 0.1) is 0 Å². The van der Waals surface area contributed by atoms with Gasteiger partial charge in [0.2, 0.25) is 5.91 Å². The third-order valence-corrected chi connectivity index (χ3v) is 3.70. The van der Waals surface area contributed by atoms with Crippen LogP contribution in [-0.4, -0.2) is 50.1 Å². The molecule has 0 radical (unpaired) electrons. The molecular formula is C14H29N3O. The van der Waals surface area contributed by atoms with Gasteiger partial charge in [-0.2, -0.15) is 0 Å². The first-order valence-electron chi connectivity index (χ1n) is 7.46. The highest BCUT2D eigenvalue weighted by atomic mass is 16.2. The minimum absolute atomic E-state index is 0.0272. The number of hydrogen-bond acceptors (Lipinski definition) is 3.